The molecule has 1 N–H and O–H groups in total. The molecule has 3 aromatic rings. The largest absolute Gasteiger partial charge is 0.441 e. The molecule has 0 spiro atoms. The minimum Gasteiger partial charge on any atom is -0.441 e. The number of hydrogen-bond acceptors (Lipinski definition) is 3. The zero-order chi connectivity index (χ0) is 11.8. The van der Waals surface area contributed by atoms with Crippen LogP contribution in [0.25, 0.3) is 10.9 Å². The fourth-order valence-corrected chi connectivity index (χ4v) is 1.87. The number of carbonyl (C=O) groups excluding carboxylic acids is 1. The third kappa shape index (κ3) is 1.62. The molecule has 0 aliphatic rings. The van der Waals surface area contributed by atoms with Crippen LogP contribution in [0.3, 0.4) is 0 Å². The number of nitrogens with zero attached hydrogens (tertiary/aromatic N) is 1. The first-order valence-corrected chi connectivity index (χ1v) is 5.34. The summed E-state index contributed by atoms with van der Waals surface area (Å²) in [4.78, 5) is 19.1. The molecule has 0 aliphatic carbocycles. The number of furan rings is 1. The lowest BCUT2D eigenvalue weighted by atomic mass is 10.1. The fraction of sp³-hybridized carbons (Fsp3) is 0. The maximum atomic E-state index is 12.1. The molecule has 0 fully saturated rings. The summed E-state index contributed by atoms with van der Waals surface area (Å²) in [5.74, 6) is 0.0101. The molecule has 0 atom stereocenters. The molecule has 3 aromatic heterocycles. The molecule has 3 heterocycles. The van der Waals surface area contributed by atoms with Gasteiger partial charge in [0.25, 0.3) is 0 Å². The Labute approximate surface area is 101 Å². The van der Waals surface area contributed by atoms with Gasteiger partial charge in [-0.1, -0.05) is 0 Å². The SMILES string of the molecule is O=C(c1ccc(Cl)o1)c1c[nH]c2ccncc12. The number of pyridine rings is 1. The normalized spacial score (nSPS) is 10.9. The van der Waals surface area contributed by atoms with Crippen molar-refractivity contribution in [1.82, 2.24) is 9.97 Å². The Hall–Kier alpha value is -2.07. The van der Waals surface area contributed by atoms with Crippen LogP contribution in [0.2, 0.25) is 5.22 Å². The van der Waals surface area contributed by atoms with Gasteiger partial charge in [0.2, 0.25) is 5.78 Å². The number of hydrogen-bond donors (Lipinski definition) is 1. The number of ketones is 1. The van der Waals surface area contributed by atoms with Gasteiger partial charge < -0.3 is 9.40 Å². The molecule has 0 saturated heterocycles. The summed E-state index contributed by atoms with van der Waals surface area (Å²) in [5.41, 5.74) is 1.39. The highest BCUT2D eigenvalue weighted by Crippen LogP contribution is 2.22. The second kappa shape index (κ2) is 3.75. The number of aromatic nitrogens is 2. The number of halogens is 1. The lowest BCUT2D eigenvalue weighted by Gasteiger charge is -1.94. The van der Waals surface area contributed by atoms with E-state index in [0.29, 0.717) is 5.56 Å². The molecule has 0 amide bonds. The molecule has 84 valence electrons. The first kappa shape index (κ1) is 10.1. The van der Waals surface area contributed by atoms with Crippen molar-refractivity contribution in [2.24, 2.45) is 0 Å². The minimum absolute atomic E-state index is 0.200. The Kier molecular flexibility index (Phi) is 2.23. The monoisotopic (exact) mass is 246 g/mol. The fourth-order valence-electron chi connectivity index (χ4n) is 1.72. The molecule has 0 aliphatic heterocycles. The van der Waals surface area contributed by atoms with Gasteiger partial charge in [0.15, 0.2) is 11.0 Å². The molecular formula is C12H7ClN2O2. The van der Waals surface area contributed by atoms with E-state index in [1.807, 2.05) is 0 Å². The summed E-state index contributed by atoms with van der Waals surface area (Å²) < 4.78 is 5.10. The molecule has 0 bridgehead atoms. The van der Waals surface area contributed by atoms with Crippen molar-refractivity contribution in [2.75, 3.05) is 0 Å². The van der Waals surface area contributed by atoms with E-state index in [2.05, 4.69) is 9.97 Å². The van der Waals surface area contributed by atoms with Crippen LogP contribution in [0.5, 0.6) is 0 Å². The van der Waals surface area contributed by atoms with Crippen molar-refractivity contribution >= 4 is 28.3 Å². The van der Waals surface area contributed by atoms with Crippen LogP contribution in [0.15, 0.2) is 41.2 Å². The lowest BCUT2D eigenvalue weighted by molar-refractivity contribution is 0.101. The van der Waals surface area contributed by atoms with Gasteiger partial charge in [0.05, 0.1) is 5.56 Å². The number of nitrogens with one attached hydrogen (secondary N) is 1. The molecule has 0 unspecified atom stereocenters. The van der Waals surface area contributed by atoms with Crippen LogP contribution in [0.1, 0.15) is 16.1 Å². The van der Waals surface area contributed by atoms with Crippen molar-refractivity contribution in [1.29, 1.82) is 0 Å². The van der Waals surface area contributed by atoms with E-state index in [0.717, 1.165) is 10.9 Å². The van der Waals surface area contributed by atoms with Crippen molar-refractivity contribution in [3.8, 4) is 0 Å². The summed E-state index contributed by atoms with van der Waals surface area (Å²) in [7, 11) is 0. The Morgan fingerprint density at radius 3 is 3.00 bits per heavy atom. The van der Waals surface area contributed by atoms with E-state index in [1.165, 1.54) is 0 Å². The van der Waals surface area contributed by atoms with Crippen molar-refractivity contribution in [3.63, 3.8) is 0 Å². The molecule has 17 heavy (non-hydrogen) atoms. The highest BCUT2D eigenvalue weighted by molar-refractivity contribution is 6.29. The van der Waals surface area contributed by atoms with Crippen molar-refractivity contribution in [3.05, 3.63) is 53.3 Å². The topological polar surface area (TPSA) is 58.9 Å². The van der Waals surface area contributed by atoms with Gasteiger partial charge in [0.1, 0.15) is 0 Å². The smallest absolute Gasteiger partial charge is 0.230 e. The first-order chi connectivity index (χ1) is 8.25. The number of fused-ring (bicyclic) bond motifs is 1. The molecule has 0 aromatic carbocycles. The van der Waals surface area contributed by atoms with E-state index < -0.39 is 0 Å². The molecular weight excluding hydrogens is 240 g/mol. The van der Waals surface area contributed by atoms with E-state index >= 15 is 0 Å². The van der Waals surface area contributed by atoms with Crippen LogP contribution < -0.4 is 0 Å². The van der Waals surface area contributed by atoms with Gasteiger partial charge in [-0.25, -0.2) is 0 Å². The maximum absolute atomic E-state index is 12.1. The summed E-state index contributed by atoms with van der Waals surface area (Å²) in [5, 5.41) is 0.969. The van der Waals surface area contributed by atoms with E-state index in [9.17, 15) is 4.79 Å². The Morgan fingerprint density at radius 2 is 2.24 bits per heavy atom. The predicted octanol–water partition coefficient (Wildman–Crippen LogP) is 3.04. The first-order valence-electron chi connectivity index (χ1n) is 4.97. The summed E-state index contributed by atoms with van der Waals surface area (Å²) in [6.07, 6.45) is 4.95. The second-order valence-corrected chi connectivity index (χ2v) is 3.93. The van der Waals surface area contributed by atoms with Gasteiger partial charge in [-0.3, -0.25) is 9.78 Å². The maximum Gasteiger partial charge on any atom is 0.230 e. The molecule has 0 saturated carbocycles. The van der Waals surface area contributed by atoms with Crippen molar-refractivity contribution < 1.29 is 9.21 Å². The van der Waals surface area contributed by atoms with Crippen LogP contribution in [-0.2, 0) is 0 Å². The third-order valence-electron chi connectivity index (χ3n) is 2.52. The number of H-pyrrole nitrogens is 1. The molecule has 0 radical (unpaired) electrons. The summed E-state index contributed by atoms with van der Waals surface area (Å²) in [6, 6.07) is 4.91. The Bertz CT molecular complexity index is 699. The van der Waals surface area contributed by atoms with E-state index in [-0.39, 0.29) is 16.8 Å². The Balaban J connectivity index is 2.13. The summed E-state index contributed by atoms with van der Waals surface area (Å²) >= 11 is 5.65. The lowest BCUT2D eigenvalue weighted by Crippen LogP contribution is -1.98. The zero-order valence-corrected chi connectivity index (χ0v) is 9.36. The average molecular weight is 247 g/mol. The molecule has 4 nitrogen and oxygen atoms in total. The molecule has 3 rings (SSSR count). The van der Waals surface area contributed by atoms with Gasteiger partial charge in [0, 0.05) is 29.5 Å². The van der Waals surface area contributed by atoms with Crippen LogP contribution >= 0.6 is 11.6 Å². The molecule has 5 heteroatoms. The average Bonchev–Trinajstić information content (AvgIpc) is 2.94. The minimum atomic E-state index is -0.212. The number of rotatable bonds is 2. The zero-order valence-electron chi connectivity index (χ0n) is 8.61. The number of aromatic amines is 1. The van der Waals surface area contributed by atoms with Gasteiger partial charge in [-0.05, 0) is 29.8 Å². The standard InChI is InChI=1S/C12H7ClN2O2/c13-11-2-1-10(17-11)12(16)8-6-15-9-3-4-14-5-7(8)9/h1-6,15H. The highest BCUT2D eigenvalue weighted by atomic mass is 35.5. The van der Waals surface area contributed by atoms with Gasteiger partial charge in [-0.2, -0.15) is 0 Å². The van der Waals surface area contributed by atoms with Crippen LogP contribution in [0.4, 0.5) is 0 Å². The van der Waals surface area contributed by atoms with Crippen LogP contribution in [0, 0.1) is 0 Å². The quantitative estimate of drug-likeness (QED) is 0.707. The predicted molar refractivity (Wildman–Crippen MR) is 63.2 cm³/mol. The van der Waals surface area contributed by atoms with Crippen LogP contribution in [-0.4, -0.2) is 15.8 Å². The summed E-state index contributed by atoms with van der Waals surface area (Å²) in [6.45, 7) is 0. The van der Waals surface area contributed by atoms with Crippen molar-refractivity contribution in [2.45, 2.75) is 0 Å². The van der Waals surface area contributed by atoms with E-state index in [4.69, 9.17) is 16.0 Å². The Morgan fingerprint density at radius 1 is 1.35 bits per heavy atom. The van der Waals surface area contributed by atoms with Gasteiger partial charge in [-0.15, -0.1) is 0 Å². The van der Waals surface area contributed by atoms with Gasteiger partial charge >= 0.3 is 0 Å². The van der Waals surface area contributed by atoms with E-state index in [1.54, 1.807) is 36.8 Å². The third-order valence-corrected chi connectivity index (χ3v) is 2.73. The second-order valence-electron chi connectivity index (χ2n) is 3.56. The number of carbonyl (C=O) groups is 1. The highest BCUT2D eigenvalue weighted by Gasteiger charge is 2.17.